The summed E-state index contributed by atoms with van der Waals surface area (Å²) in [6, 6.07) is 14.7. The molecule has 0 unspecified atom stereocenters. The van der Waals surface area contributed by atoms with Crippen molar-refractivity contribution in [3.63, 3.8) is 0 Å². The standard InChI is InChI=1S/C17H20N6S/c1-2-7-14(8-3-1)23-17(19-20-21-23)18-13-15(16-9-6-12-24-16)22-10-4-5-11-22/h1-3,6-9,12,15H,4-5,10-11,13H2,(H,18,19,21)/t15-/m0/s1. The summed E-state index contributed by atoms with van der Waals surface area (Å²) in [4.78, 5) is 3.94. The van der Waals surface area contributed by atoms with E-state index in [9.17, 15) is 0 Å². The predicted molar refractivity (Wildman–Crippen MR) is 95.5 cm³/mol. The number of para-hydroxylation sites is 1. The Bertz CT molecular complexity index is 749. The smallest absolute Gasteiger partial charge is 0.247 e. The molecule has 7 heteroatoms. The summed E-state index contributed by atoms with van der Waals surface area (Å²) in [5.74, 6) is 0.682. The Morgan fingerprint density at radius 3 is 2.67 bits per heavy atom. The number of rotatable bonds is 6. The van der Waals surface area contributed by atoms with Gasteiger partial charge in [0.2, 0.25) is 5.95 Å². The van der Waals surface area contributed by atoms with E-state index >= 15 is 0 Å². The Morgan fingerprint density at radius 2 is 1.92 bits per heavy atom. The van der Waals surface area contributed by atoms with Crippen molar-refractivity contribution in [3.8, 4) is 5.69 Å². The molecule has 124 valence electrons. The number of tetrazole rings is 1. The summed E-state index contributed by atoms with van der Waals surface area (Å²) in [6.07, 6.45) is 2.56. The third-order valence-electron chi connectivity index (χ3n) is 4.38. The third kappa shape index (κ3) is 3.18. The van der Waals surface area contributed by atoms with Gasteiger partial charge in [0.25, 0.3) is 0 Å². The van der Waals surface area contributed by atoms with E-state index in [1.165, 1.54) is 17.7 Å². The number of aromatic nitrogens is 4. The molecule has 0 spiro atoms. The molecule has 0 saturated carbocycles. The first kappa shape index (κ1) is 15.3. The van der Waals surface area contributed by atoms with Crippen LogP contribution in [0.3, 0.4) is 0 Å². The average Bonchev–Trinajstić information content (AvgIpc) is 3.39. The molecule has 1 aromatic carbocycles. The number of anilines is 1. The van der Waals surface area contributed by atoms with Crippen LogP contribution in [0.15, 0.2) is 47.8 Å². The quantitative estimate of drug-likeness (QED) is 0.747. The van der Waals surface area contributed by atoms with Gasteiger partial charge in [-0.15, -0.1) is 11.3 Å². The van der Waals surface area contributed by atoms with Crippen LogP contribution >= 0.6 is 11.3 Å². The Morgan fingerprint density at radius 1 is 1.08 bits per heavy atom. The van der Waals surface area contributed by atoms with Crippen LogP contribution in [-0.2, 0) is 0 Å². The monoisotopic (exact) mass is 340 g/mol. The van der Waals surface area contributed by atoms with Gasteiger partial charge in [0.15, 0.2) is 0 Å². The Balaban J connectivity index is 1.52. The van der Waals surface area contributed by atoms with Crippen LogP contribution < -0.4 is 5.32 Å². The van der Waals surface area contributed by atoms with Gasteiger partial charge in [0, 0.05) is 11.4 Å². The second-order valence-electron chi connectivity index (χ2n) is 5.91. The predicted octanol–water partition coefficient (Wildman–Crippen LogP) is 2.97. The van der Waals surface area contributed by atoms with E-state index in [1.54, 1.807) is 4.68 Å². The van der Waals surface area contributed by atoms with E-state index in [2.05, 4.69) is 43.3 Å². The molecule has 1 N–H and O–H groups in total. The van der Waals surface area contributed by atoms with Crippen molar-refractivity contribution in [2.75, 3.05) is 25.0 Å². The van der Waals surface area contributed by atoms with Crippen molar-refractivity contribution in [2.45, 2.75) is 18.9 Å². The molecule has 1 saturated heterocycles. The first-order valence-corrected chi connectivity index (χ1v) is 9.15. The first-order chi connectivity index (χ1) is 11.9. The molecule has 4 rings (SSSR count). The molecule has 0 aliphatic carbocycles. The fourth-order valence-electron chi connectivity index (χ4n) is 3.17. The number of nitrogens with zero attached hydrogens (tertiary/aromatic N) is 5. The molecule has 0 amide bonds. The second-order valence-corrected chi connectivity index (χ2v) is 6.88. The van der Waals surface area contributed by atoms with Crippen molar-refractivity contribution in [3.05, 3.63) is 52.7 Å². The lowest BCUT2D eigenvalue weighted by atomic mass is 10.2. The van der Waals surface area contributed by atoms with Crippen molar-refractivity contribution in [2.24, 2.45) is 0 Å². The highest BCUT2D eigenvalue weighted by Crippen LogP contribution is 2.28. The summed E-state index contributed by atoms with van der Waals surface area (Å²) in [7, 11) is 0. The summed E-state index contributed by atoms with van der Waals surface area (Å²) in [5, 5.41) is 17.7. The lowest BCUT2D eigenvalue weighted by molar-refractivity contribution is 0.259. The molecule has 3 aromatic rings. The van der Waals surface area contributed by atoms with Crippen molar-refractivity contribution < 1.29 is 0 Å². The number of hydrogen-bond acceptors (Lipinski definition) is 6. The normalized spacial score (nSPS) is 16.3. The highest BCUT2D eigenvalue weighted by molar-refractivity contribution is 7.10. The van der Waals surface area contributed by atoms with Crippen LogP contribution in [0.25, 0.3) is 5.69 Å². The number of likely N-dealkylation sites (tertiary alicyclic amines) is 1. The van der Waals surface area contributed by atoms with Crippen LogP contribution in [-0.4, -0.2) is 44.7 Å². The number of benzene rings is 1. The number of thiophene rings is 1. The molecular formula is C17H20N6S. The Labute approximate surface area is 145 Å². The van der Waals surface area contributed by atoms with Gasteiger partial charge >= 0.3 is 0 Å². The average molecular weight is 340 g/mol. The van der Waals surface area contributed by atoms with Gasteiger partial charge in [-0.3, -0.25) is 4.90 Å². The highest BCUT2D eigenvalue weighted by Gasteiger charge is 2.24. The molecular weight excluding hydrogens is 320 g/mol. The molecule has 1 aliphatic rings. The van der Waals surface area contributed by atoms with Crippen LogP contribution in [0.4, 0.5) is 5.95 Å². The van der Waals surface area contributed by atoms with Gasteiger partial charge in [-0.1, -0.05) is 29.4 Å². The maximum atomic E-state index is 4.15. The lowest BCUT2D eigenvalue weighted by Crippen LogP contribution is -2.31. The molecule has 1 aliphatic heterocycles. The topological polar surface area (TPSA) is 58.9 Å². The fraction of sp³-hybridized carbons (Fsp3) is 0.353. The molecule has 0 bridgehead atoms. The van der Waals surface area contributed by atoms with E-state index in [0.29, 0.717) is 12.0 Å². The van der Waals surface area contributed by atoms with Crippen molar-refractivity contribution in [1.29, 1.82) is 0 Å². The van der Waals surface area contributed by atoms with Crippen molar-refractivity contribution in [1.82, 2.24) is 25.1 Å². The Hall–Kier alpha value is -2.25. The van der Waals surface area contributed by atoms with Gasteiger partial charge in [-0.05, 0) is 59.9 Å². The lowest BCUT2D eigenvalue weighted by Gasteiger charge is -2.26. The van der Waals surface area contributed by atoms with Gasteiger partial charge in [0.1, 0.15) is 0 Å². The van der Waals surface area contributed by atoms with Crippen LogP contribution in [0.5, 0.6) is 0 Å². The molecule has 6 nitrogen and oxygen atoms in total. The minimum atomic E-state index is 0.369. The maximum absolute atomic E-state index is 4.15. The number of nitrogens with one attached hydrogen (secondary N) is 1. The molecule has 24 heavy (non-hydrogen) atoms. The summed E-state index contributed by atoms with van der Waals surface area (Å²) < 4.78 is 1.75. The Kier molecular flexibility index (Phi) is 4.53. The van der Waals surface area contributed by atoms with Crippen LogP contribution in [0.1, 0.15) is 23.8 Å². The molecule has 0 radical (unpaired) electrons. The molecule has 1 fully saturated rings. The second kappa shape index (κ2) is 7.11. The molecule has 2 aromatic heterocycles. The fourth-order valence-corrected chi connectivity index (χ4v) is 4.03. The van der Waals surface area contributed by atoms with E-state index in [0.717, 1.165) is 25.3 Å². The highest BCUT2D eigenvalue weighted by atomic mass is 32.1. The third-order valence-corrected chi connectivity index (χ3v) is 5.35. The van der Waals surface area contributed by atoms with E-state index in [1.807, 2.05) is 41.7 Å². The molecule has 3 heterocycles. The summed E-state index contributed by atoms with van der Waals surface area (Å²) in [5.41, 5.74) is 0.957. The van der Waals surface area contributed by atoms with E-state index < -0.39 is 0 Å². The first-order valence-electron chi connectivity index (χ1n) is 8.27. The van der Waals surface area contributed by atoms with Gasteiger partial charge in [-0.2, -0.15) is 4.68 Å². The van der Waals surface area contributed by atoms with Gasteiger partial charge in [0.05, 0.1) is 11.7 Å². The molecule has 1 atom stereocenters. The minimum absolute atomic E-state index is 0.369. The summed E-state index contributed by atoms with van der Waals surface area (Å²) >= 11 is 1.82. The van der Waals surface area contributed by atoms with Gasteiger partial charge in [-0.25, -0.2) is 0 Å². The zero-order chi connectivity index (χ0) is 16.2. The minimum Gasteiger partial charge on any atom is -0.351 e. The zero-order valence-electron chi connectivity index (χ0n) is 13.4. The van der Waals surface area contributed by atoms with Gasteiger partial charge < -0.3 is 5.32 Å². The zero-order valence-corrected chi connectivity index (χ0v) is 14.2. The van der Waals surface area contributed by atoms with Crippen LogP contribution in [0.2, 0.25) is 0 Å². The largest absolute Gasteiger partial charge is 0.351 e. The SMILES string of the molecule is c1ccc(-n2nnnc2NC[C@@H](c2cccs2)N2CCCC2)cc1. The van der Waals surface area contributed by atoms with E-state index in [4.69, 9.17) is 0 Å². The summed E-state index contributed by atoms with van der Waals surface area (Å²) in [6.45, 7) is 3.12. The maximum Gasteiger partial charge on any atom is 0.247 e. The number of hydrogen-bond donors (Lipinski definition) is 1. The van der Waals surface area contributed by atoms with E-state index in [-0.39, 0.29) is 0 Å². The van der Waals surface area contributed by atoms with Crippen molar-refractivity contribution >= 4 is 17.3 Å². The van der Waals surface area contributed by atoms with Crippen LogP contribution in [0, 0.1) is 0 Å².